The van der Waals surface area contributed by atoms with E-state index < -0.39 is 31.1 Å². The van der Waals surface area contributed by atoms with Crippen molar-refractivity contribution in [2.24, 2.45) is 0 Å². The quantitative estimate of drug-likeness (QED) is 0.488. The largest absolute Gasteiger partial charge is 0.480 e. The molecule has 0 unspecified atom stereocenters. The summed E-state index contributed by atoms with van der Waals surface area (Å²) in [7, 11) is -13.4. The monoisotopic (exact) mass is 447 g/mol. The summed E-state index contributed by atoms with van der Waals surface area (Å²) in [6.07, 6.45) is 5.37. The van der Waals surface area contributed by atoms with Crippen LogP contribution in [0.3, 0.4) is 0 Å². The van der Waals surface area contributed by atoms with Crippen molar-refractivity contribution in [2.75, 3.05) is 26.2 Å². The molecule has 0 aromatic heterocycles. The number of amidine groups is 1. The smallest absolute Gasteiger partial charge is 0.421 e. The molecule has 0 saturated carbocycles. The highest BCUT2D eigenvalue weighted by molar-refractivity contribution is 8.13. The van der Waals surface area contributed by atoms with Gasteiger partial charge in [-0.15, -0.1) is 0 Å². The number of nitrogens with zero attached hydrogens (tertiary/aromatic N) is 3. The topological polar surface area (TPSA) is 88.6 Å². The molecular formula is C12H19F6N3O4S2. The van der Waals surface area contributed by atoms with Crippen molar-refractivity contribution in [3.8, 4) is 0 Å². The van der Waals surface area contributed by atoms with E-state index in [0.717, 1.165) is 4.13 Å². The van der Waals surface area contributed by atoms with Gasteiger partial charge in [0.1, 0.15) is 0 Å². The van der Waals surface area contributed by atoms with Crippen LogP contribution < -0.4 is 0 Å². The molecule has 0 saturated heterocycles. The third kappa shape index (κ3) is 6.20. The lowest BCUT2D eigenvalue weighted by Gasteiger charge is -2.22. The van der Waals surface area contributed by atoms with Crippen LogP contribution in [0.4, 0.5) is 26.3 Å². The van der Waals surface area contributed by atoms with E-state index in [4.69, 9.17) is 0 Å². The van der Waals surface area contributed by atoms with Crippen LogP contribution in [0.2, 0.25) is 0 Å². The first-order valence-electron chi connectivity index (χ1n) is 7.85. The SMILES string of the molecule is CCCN1CCC[N+]2=C1CCC2.O=S(=O)([N-]S(=O)(=O)C(F)(F)F)C(F)(F)F. The van der Waals surface area contributed by atoms with E-state index in [2.05, 4.69) is 16.4 Å². The molecule has 2 aliphatic rings. The zero-order valence-corrected chi connectivity index (χ0v) is 15.8. The Morgan fingerprint density at radius 2 is 1.44 bits per heavy atom. The minimum Gasteiger partial charge on any atom is -0.421 e. The fraction of sp³-hybridized carbons (Fsp3) is 0.917. The predicted molar refractivity (Wildman–Crippen MR) is 84.0 cm³/mol. The molecule has 2 heterocycles. The van der Waals surface area contributed by atoms with Crippen molar-refractivity contribution in [1.82, 2.24) is 4.90 Å². The molecule has 0 N–H and O–H groups in total. The zero-order chi connectivity index (χ0) is 21.1. The highest BCUT2D eigenvalue weighted by atomic mass is 32.3. The number of alkyl halides is 6. The van der Waals surface area contributed by atoms with Crippen molar-refractivity contribution in [1.29, 1.82) is 0 Å². The second-order valence-corrected chi connectivity index (χ2v) is 9.19. The summed E-state index contributed by atoms with van der Waals surface area (Å²) in [6, 6.07) is 0. The molecule has 0 bridgehead atoms. The highest BCUT2D eigenvalue weighted by Gasteiger charge is 2.46. The maximum atomic E-state index is 11.4. The Morgan fingerprint density at radius 1 is 0.963 bits per heavy atom. The number of hydrogen-bond donors (Lipinski definition) is 0. The minimum atomic E-state index is -6.72. The lowest BCUT2D eigenvalue weighted by atomic mass is 10.2. The number of sulfonamides is 2. The first-order chi connectivity index (χ1) is 12.1. The van der Waals surface area contributed by atoms with Crippen molar-refractivity contribution in [3.63, 3.8) is 0 Å². The molecule has 160 valence electrons. The summed E-state index contributed by atoms with van der Waals surface area (Å²) in [5.41, 5.74) is -12.4. The maximum absolute atomic E-state index is 11.4. The number of hydrogen-bond acceptors (Lipinski definition) is 5. The Kier molecular flexibility index (Phi) is 7.55. The van der Waals surface area contributed by atoms with Crippen molar-refractivity contribution < 1.29 is 47.8 Å². The van der Waals surface area contributed by atoms with E-state index in [1.807, 2.05) is 0 Å². The van der Waals surface area contributed by atoms with Crippen LogP contribution in [-0.2, 0) is 20.0 Å². The van der Waals surface area contributed by atoms with Gasteiger partial charge in [-0.2, -0.15) is 26.3 Å². The van der Waals surface area contributed by atoms with Gasteiger partial charge >= 0.3 is 11.0 Å². The van der Waals surface area contributed by atoms with Gasteiger partial charge in [0.05, 0.1) is 32.6 Å². The molecule has 7 nitrogen and oxygen atoms in total. The Labute approximate surface area is 153 Å². The second kappa shape index (κ2) is 8.51. The Morgan fingerprint density at radius 3 is 1.89 bits per heavy atom. The van der Waals surface area contributed by atoms with Gasteiger partial charge in [-0.3, -0.25) is 9.48 Å². The van der Waals surface area contributed by atoms with E-state index in [0.29, 0.717) is 0 Å². The molecule has 0 aliphatic carbocycles. The fourth-order valence-electron chi connectivity index (χ4n) is 2.62. The average Bonchev–Trinajstić information content (AvgIpc) is 2.94. The average molecular weight is 447 g/mol. The van der Waals surface area contributed by atoms with Gasteiger partial charge in [0.15, 0.2) is 20.0 Å². The van der Waals surface area contributed by atoms with Crippen molar-refractivity contribution in [3.05, 3.63) is 4.13 Å². The van der Waals surface area contributed by atoms with E-state index >= 15 is 0 Å². The molecular weight excluding hydrogens is 428 g/mol. The van der Waals surface area contributed by atoms with Crippen LogP contribution in [0.15, 0.2) is 0 Å². The van der Waals surface area contributed by atoms with E-state index in [1.165, 1.54) is 51.9 Å². The van der Waals surface area contributed by atoms with Gasteiger partial charge in [0, 0.05) is 6.42 Å². The number of halogens is 6. The summed E-state index contributed by atoms with van der Waals surface area (Å²) in [6.45, 7) is 7.48. The molecule has 0 radical (unpaired) electrons. The van der Waals surface area contributed by atoms with E-state index in [9.17, 15) is 43.2 Å². The van der Waals surface area contributed by atoms with Crippen LogP contribution in [-0.4, -0.2) is 69.3 Å². The molecule has 2 rings (SSSR count). The van der Waals surface area contributed by atoms with Gasteiger partial charge in [0.25, 0.3) is 0 Å². The van der Waals surface area contributed by atoms with Crippen LogP contribution in [0.25, 0.3) is 4.13 Å². The Bertz CT molecular complexity index is 717. The predicted octanol–water partition coefficient (Wildman–Crippen LogP) is 2.37. The summed E-state index contributed by atoms with van der Waals surface area (Å²) in [4.78, 5) is 2.59. The van der Waals surface area contributed by atoms with Gasteiger partial charge in [-0.25, -0.2) is 16.8 Å². The zero-order valence-electron chi connectivity index (χ0n) is 14.2. The first-order valence-corrected chi connectivity index (χ1v) is 10.7. The minimum absolute atomic E-state index is 0.778. The molecule has 27 heavy (non-hydrogen) atoms. The summed E-state index contributed by atoms with van der Waals surface area (Å²) < 4.78 is 112. The third-order valence-corrected chi connectivity index (χ3v) is 6.43. The molecule has 0 fully saturated rings. The van der Waals surface area contributed by atoms with Crippen LogP contribution in [0.1, 0.15) is 32.6 Å². The normalized spacial score (nSPS) is 18.9. The summed E-state index contributed by atoms with van der Waals surface area (Å²) in [5.74, 6) is 1.64. The van der Waals surface area contributed by atoms with Crippen LogP contribution in [0.5, 0.6) is 0 Å². The fourth-order valence-corrected chi connectivity index (χ4v) is 4.33. The van der Waals surface area contributed by atoms with Gasteiger partial charge < -0.3 is 4.13 Å². The van der Waals surface area contributed by atoms with Crippen LogP contribution >= 0.6 is 0 Å². The maximum Gasteiger partial charge on any atom is 0.480 e. The molecule has 0 aromatic carbocycles. The molecule has 0 amide bonds. The molecule has 0 spiro atoms. The summed E-state index contributed by atoms with van der Waals surface area (Å²) in [5, 5.41) is 0. The molecule has 0 atom stereocenters. The molecule has 15 heteroatoms. The van der Waals surface area contributed by atoms with Crippen LogP contribution in [0, 0.1) is 0 Å². The van der Waals surface area contributed by atoms with Gasteiger partial charge in [-0.05, 0) is 12.8 Å². The Balaban J connectivity index is 0.000000274. The van der Waals surface area contributed by atoms with E-state index in [-0.39, 0.29) is 0 Å². The first kappa shape index (κ1) is 23.9. The Hall–Kier alpha value is -1.09. The summed E-state index contributed by atoms with van der Waals surface area (Å²) >= 11 is 0. The molecule has 2 aliphatic heterocycles. The van der Waals surface area contributed by atoms with Crippen molar-refractivity contribution >= 4 is 25.9 Å². The second-order valence-electron chi connectivity index (χ2n) is 5.76. The number of rotatable bonds is 4. The highest BCUT2D eigenvalue weighted by Crippen LogP contribution is 2.36. The van der Waals surface area contributed by atoms with Crippen molar-refractivity contribution in [2.45, 2.75) is 43.6 Å². The lowest BCUT2D eigenvalue weighted by Crippen LogP contribution is -2.41. The van der Waals surface area contributed by atoms with Gasteiger partial charge in [-0.1, -0.05) is 6.92 Å². The lowest BCUT2D eigenvalue weighted by molar-refractivity contribution is -0.530. The van der Waals surface area contributed by atoms with E-state index in [1.54, 1.807) is 5.84 Å². The standard InChI is InChI=1S/C10H19N2.C2F6NO4S2/c1-2-6-11-8-4-9-12-7-3-5-10(11)12;3-1(4,5)14(10,11)9-15(12,13)2(6,7)8/h2-9H2,1H3;/q+1;-1. The molecule has 0 aromatic rings. The van der Waals surface area contributed by atoms with Gasteiger partial charge in [0.2, 0.25) is 5.84 Å². The third-order valence-electron chi connectivity index (χ3n) is 3.69.